The number of anilines is 1. The van der Waals surface area contributed by atoms with Crippen molar-refractivity contribution in [3.8, 4) is 0 Å². The molecule has 0 bridgehead atoms. The van der Waals surface area contributed by atoms with Crippen LogP contribution < -0.4 is 16.4 Å². The molecule has 22 heavy (non-hydrogen) atoms. The molecule has 7 heteroatoms. The average Bonchev–Trinajstić information content (AvgIpc) is 3.04. The highest BCUT2D eigenvalue weighted by atomic mass is 32.1. The van der Waals surface area contributed by atoms with Gasteiger partial charge in [0.1, 0.15) is 0 Å². The first-order valence-corrected chi connectivity index (χ1v) is 8.20. The molecule has 0 saturated carbocycles. The van der Waals surface area contributed by atoms with Gasteiger partial charge in [0, 0.05) is 29.4 Å². The number of carbonyl (C=O) groups is 1. The zero-order valence-corrected chi connectivity index (χ0v) is 13.0. The van der Waals surface area contributed by atoms with E-state index in [9.17, 15) is 4.79 Å². The van der Waals surface area contributed by atoms with Crippen molar-refractivity contribution in [1.82, 2.24) is 15.3 Å². The number of aromatic nitrogens is 2. The van der Waals surface area contributed by atoms with Crippen molar-refractivity contribution in [1.29, 1.82) is 0 Å². The molecule has 1 aliphatic rings. The lowest BCUT2D eigenvalue weighted by Crippen LogP contribution is -2.26. The third-order valence-corrected chi connectivity index (χ3v) is 4.85. The summed E-state index contributed by atoms with van der Waals surface area (Å²) in [6.45, 7) is 2.41. The fourth-order valence-corrected chi connectivity index (χ4v) is 3.52. The molecule has 2 aromatic heterocycles. The number of hydrogen-bond donors (Lipinski definition) is 3. The lowest BCUT2D eigenvalue weighted by atomic mass is 9.97. The Balaban J connectivity index is 1.67. The second-order valence-electron chi connectivity index (χ2n) is 5.29. The zero-order valence-electron chi connectivity index (χ0n) is 12.2. The van der Waals surface area contributed by atoms with E-state index >= 15 is 0 Å². The minimum atomic E-state index is -0.177. The average molecular weight is 317 g/mol. The van der Waals surface area contributed by atoms with Gasteiger partial charge in [0.05, 0.1) is 5.69 Å². The topological polar surface area (TPSA) is 92.9 Å². The number of hydrogen-bond acceptors (Lipinski definition) is 6. The summed E-state index contributed by atoms with van der Waals surface area (Å²) in [5, 5.41) is 6.85. The van der Waals surface area contributed by atoms with Crippen molar-refractivity contribution in [3.05, 3.63) is 40.7 Å². The maximum atomic E-state index is 12.2. The first kappa shape index (κ1) is 15.1. The van der Waals surface area contributed by atoms with Gasteiger partial charge in [-0.05, 0) is 44.0 Å². The molecule has 0 atom stereocenters. The van der Waals surface area contributed by atoms with Crippen LogP contribution in [0.4, 0.5) is 5.13 Å². The highest BCUT2D eigenvalue weighted by Gasteiger charge is 2.18. The fraction of sp³-hybridized carbons (Fsp3) is 0.400. The SMILES string of the molecule is NCc1cc(C(=O)Nc2ncc(C3CCNCC3)s2)ccn1. The summed E-state index contributed by atoms with van der Waals surface area (Å²) >= 11 is 1.56. The van der Waals surface area contributed by atoms with E-state index in [1.54, 1.807) is 29.7 Å². The Labute approximate surface area is 133 Å². The maximum Gasteiger partial charge on any atom is 0.257 e. The van der Waals surface area contributed by atoms with Crippen LogP contribution in [0.2, 0.25) is 0 Å². The first-order valence-electron chi connectivity index (χ1n) is 7.39. The molecule has 1 amide bonds. The highest BCUT2D eigenvalue weighted by molar-refractivity contribution is 7.15. The van der Waals surface area contributed by atoms with Crippen LogP contribution >= 0.6 is 11.3 Å². The number of piperidine rings is 1. The number of amides is 1. The van der Waals surface area contributed by atoms with E-state index in [4.69, 9.17) is 5.73 Å². The van der Waals surface area contributed by atoms with Crippen molar-refractivity contribution >= 4 is 22.4 Å². The molecule has 0 radical (unpaired) electrons. The van der Waals surface area contributed by atoms with E-state index < -0.39 is 0 Å². The smallest absolute Gasteiger partial charge is 0.257 e. The Kier molecular flexibility index (Phi) is 4.77. The van der Waals surface area contributed by atoms with Gasteiger partial charge in [-0.25, -0.2) is 4.98 Å². The molecule has 6 nitrogen and oxygen atoms in total. The quantitative estimate of drug-likeness (QED) is 0.798. The number of rotatable bonds is 4. The molecule has 0 aromatic carbocycles. The predicted molar refractivity (Wildman–Crippen MR) is 87.0 cm³/mol. The summed E-state index contributed by atoms with van der Waals surface area (Å²) in [6.07, 6.45) is 5.73. The van der Waals surface area contributed by atoms with Crippen LogP contribution in [-0.2, 0) is 6.54 Å². The van der Waals surface area contributed by atoms with Crippen molar-refractivity contribution in [3.63, 3.8) is 0 Å². The molecule has 1 aliphatic heterocycles. The van der Waals surface area contributed by atoms with Gasteiger partial charge in [-0.2, -0.15) is 0 Å². The third-order valence-electron chi connectivity index (χ3n) is 3.77. The van der Waals surface area contributed by atoms with E-state index in [2.05, 4.69) is 20.6 Å². The summed E-state index contributed by atoms with van der Waals surface area (Å²) < 4.78 is 0. The maximum absolute atomic E-state index is 12.2. The Morgan fingerprint density at radius 3 is 3.00 bits per heavy atom. The Bertz CT molecular complexity index is 651. The molecular weight excluding hydrogens is 298 g/mol. The molecule has 1 saturated heterocycles. The van der Waals surface area contributed by atoms with E-state index in [1.165, 1.54) is 4.88 Å². The van der Waals surface area contributed by atoms with Crippen LogP contribution in [0, 0.1) is 0 Å². The van der Waals surface area contributed by atoms with Crippen LogP contribution in [0.1, 0.15) is 39.7 Å². The molecule has 116 valence electrons. The number of thiazole rings is 1. The van der Waals surface area contributed by atoms with Gasteiger partial charge in [-0.1, -0.05) is 0 Å². The van der Waals surface area contributed by atoms with Crippen LogP contribution in [0.3, 0.4) is 0 Å². The number of pyridine rings is 1. The normalized spacial score (nSPS) is 15.7. The van der Waals surface area contributed by atoms with Crippen molar-refractivity contribution in [2.75, 3.05) is 18.4 Å². The fourth-order valence-electron chi connectivity index (χ4n) is 2.54. The molecule has 4 N–H and O–H groups in total. The molecule has 0 unspecified atom stereocenters. The van der Waals surface area contributed by atoms with Gasteiger partial charge in [-0.15, -0.1) is 11.3 Å². The molecular formula is C15H19N5OS. The lowest BCUT2D eigenvalue weighted by Gasteiger charge is -2.20. The zero-order chi connectivity index (χ0) is 15.4. The minimum absolute atomic E-state index is 0.177. The van der Waals surface area contributed by atoms with Gasteiger partial charge < -0.3 is 11.1 Å². The standard InChI is InChI=1S/C15H19N5OS/c16-8-12-7-11(3-6-18-12)14(21)20-15-19-9-13(22-15)10-1-4-17-5-2-10/h3,6-7,9-10,17H,1-2,4-5,8,16H2,(H,19,20,21). The van der Waals surface area contributed by atoms with Crippen molar-refractivity contribution in [2.45, 2.75) is 25.3 Å². The second kappa shape index (κ2) is 6.95. The van der Waals surface area contributed by atoms with Gasteiger partial charge in [0.25, 0.3) is 5.91 Å². The second-order valence-corrected chi connectivity index (χ2v) is 6.35. The third kappa shape index (κ3) is 3.49. The van der Waals surface area contributed by atoms with E-state index in [0.29, 0.717) is 28.9 Å². The van der Waals surface area contributed by atoms with Gasteiger partial charge in [0.2, 0.25) is 0 Å². The number of nitrogens with zero attached hydrogens (tertiary/aromatic N) is 2. The summed E-state index contributed by atoms with van der Waals surface area (Å²) in [6, 6.07) is 3.38. The molecule has 0 spiro atoms. The summed E-state index contributed by atoms with van der Waals surface area (Å²) in [5.74, 6) is 0.373. The number of carbonyl (C=O) groups excluding carboxylic acids is 1. The van der Waals surface area contributed by atoms with Gasteiger partial charge >= 0.3 is 0 Å². The Morgan fingerprint density at radius 2 is 2.23 bits per heavy atom. The monoisotopic (exact) mass is 317 g/mol. The molecule has 3 heterocycles. The van der Waals surface area contributed by atoms with Crippen LogP contribution in [0.5, 0.6) is 0 Å². The van der Waals surface area contributed by atoms with E-state index in [0.717, 1.165) is 25.9 Å². The largest absolute Gasteiger partial charge is 0.325 e. The van der Waals surface area contributed by atoms with E-state index in [-0.39, 0.29) is 5.91 Å². The minimum Gasteiger partial charge on any atom is -0.325 e. The van der Waals surface area contributed by atoms with Crippen LogP contribution in [0.15, 0.2) is 24.5 Å². The number of nitrogens with one attached hydrogen (secondary N) is 2. The lowest BCUT2D eigenvalue weighted by molar-refractivity contribution is 0.102. The Hall–Kier alpha value is -1.83. The molecule has 1 fully saturated rings. The van der Waals surface area contributed by atoms with Gasteiger partial charge in [0.15, 0.2) is 5.13 Å². The molecule has 3 rings (SSSR count). The van der Waals surface area contributed by atoms with Gasteiger partial charge in [-0.3, -0.25) is 15.1 Å². The van der Waals surface area contributed by atoms with Crippen LogP contribution in [0.25, 0.3) is 0 Å². The first-order chi connectivity index (χ1) is 10.8. The highest BCUT2D eigenvalue weighted by Crippen LogP contribution is 2.31. The summed E-state index contributed by atoms with van der Waals surface area (Å²) in [4.78, 5) is 21.9. The summed E-state index contributed by atoms with van der Waals surface area (Å²) in [7, 11) is 0. The summed E-state index contributed by atoms with van der Waals surface area (Å²) in [5.41, 5.74) is 6.79. The molecule has 2 aromatic rings. The predicted octanol–water partition coefficient (Wildman–Crippen LogP) is 1.72. The number of nitrogens with two attached hydrogens (primary N) is 1. The Morgan fingerprint density at radius 1 is 1.41 bits per heavy atom. The van der Waals surface area contributed by atoms with E-state index in [1.807, 2.05) is 6.20 Å². The van der Waals surface area contributed by atoms with Crippen molar-refractivity contribution < 1.29 is 4.79 Å². The van der Waals surface area contributed by atoms with Crippen molar-refractivity contribution in [2.24, 2.45) is 5.73 Å². The van der Waals surface area contributed by atoms with Crippen LogP contribution in [-0.4, -0.2) is 29.0 Å². The molecule has 0 aliphatic carbocycles.